The van der Waals surface area contributed by atoms with Gasteiger partial charge in [0.05, 0.1) is 16.1 Å². The Morgan fingerprint density at radius 3 is 2.38 bits per heavy atom. The van der Waals surface area contributed by atoms with E-state index in [4.69, 9.17) is 17.3 Å². The van der Waals surface area contributed by atoms with E-state index in [1.54, 1.807) is 0 Å². The van der Waals surface area contributed by atoms with E-state index in [1.165, 1.54) is 0 Å². The minimum absolute atomic E-state index is 0.257. The van der Waals surface area contributed by atoms with E-state index < -0.39 is 0 Å². The van der Waals surface area contributed by atoms with Crippen LogP contribution < -0.4 is 10.6 Å². The van der Waals surface area contributed by atoms with E-state index in [2.05, 4.69) is 4.90 Å². The smallest absolute Gasteiger partial charge is 0.230 e. The van der Waals surface area contributed by atoms with Gasteiger partial charge < -0.3 is 15.5 Å². The van der Waals surface area contributed by atoms with Crippen LogP contribution in [-0.4, -0.2) is 43.5 Å². The summed E-state index contributed by atoms with van der Waals surface area (Å²) in [6.07, 6.45) is 3.03. The third-order valence-corrected chi connectivity index (χ3v) is 5.23. The van der Waals surface area contributed by atoms with Crippen molar-refractivity contribution in [3.8, 4) is 0 Å². The fourth-order valence-corrected chi connectivity index (χ4v) is 3.56. The highest BCUT2D eigenvalue weighted by Gasteiger charge is 2.45. The molecular weight excluding hydrogens is 286 g/mol. The highest BCUT2D eigenvalue weighted by Crippen LogP contribution is 2.41. The third-order valence-electron chi connectivity index (χ3n) is 4.92. The number of carbonyl (C=O) groups excluding carboxylic acids is 1. The number of amides is 1. The summed E-state index contributed by atoms with van der Waals surface area (Å²) in [5.74, 6) is 0.259. The summed E-state index contributed by atoms with van der Waals surface area (Å²) in [5.41, 5.74) is 6.64. The van der Waals surface area contributed by atoms with Crippen molar-refractivity contribution in [2.75, 3.05) is 37.6 Å². The summed E-state index contributed by atoms with van der Waals surface area (Å²) in [5, 5.41) is 0.773. The summed E-state index contributed by atoms with van der Waals surface area (Å²) in [6, 6.07) is 7.88. The van der Waals surface area contributed by atoms with Crippen molar-refractivity contribution in [2.24, 2.45) is 11.1 Å². The second-order valence-corrected chi connectivity index (χ2v) is 6.48. The first-order chi connectivity index (χ1) is 10.2. The molecule has 1 saturated carbocycles. The number of anilines is 1. The van der Waals surface area contributed by atoms with Crippen LogP contribution in [0.3, 0.4) is 0 Å². The lowest BCUT2D eigenvalue weighted by Gasteiger charge is -2.45. The average molecular weight is 308 g/mol. The zero-order chi connectivity index (χ0) is 14.9. The number of carbonyl (C=O) groups is 1. The van der Waals surface area contributed by atoms with Gasteiger partial charge in [0.1, 0.15) is 0 Å². The van der Waals surface area contributed by atoms with Crippen molar-refractivity contribution < 1.29 is 4.79 Å². The number of hydrogen-bond acceptors (Lipinski definition) is 3. The Hall–Kier alpha value is -1.26. The molecule has 3 rings (SSSR count). The summed E-state index contributed by atoms with van der Waals surface area (Å²) in [4.78, 5) is 16.9. The summed E-state index contributed by atoms with van der Waals surface area (Å²) in [7, 11) is 0. The van der Waals surface area contributed by atoms with Crippen LogP contribution >= 0.6 is 11.6 Å². The molecule has 2 aliphatic rings. The van der Waals surface area contributed by atoms with Crippen molar-refractivity contribution in [1.29, 1.82) is 0 Å². The van der Waals surface area contributed by atoms with Gasteiger partial charge in [0, 0.05) is 32.7 Å². The number of rotatable bonds is 3. The van der Waals surface area contributed by atoms with Gasteiger partial charge in [-0.05, 0) is 25.0 Å². The van der Waals surface area contributed by atoms with E-state index in [0.717, 1.165) is 56.2 Å². The van der Waals surface area contributed by atoms with Gasteiger partial charge in [-0.2, -0.15) is 0 Å². The predicted molar refractivity (Wildman–Crippen MR) is 85.6 cm³/mol. The van der Waals surface area contributed by atoms with Gasteiger partial charge in [0.2, 0.25) is 5.91 Å². The Labute approximate surface area is 130 Å². The van der Waals surface area contributed by atoms with Crippen LogP contribution in [0.25, 0.3) is 0 Å². The van der Waals surface area contributed by atoms with Crippen LogP contribution in [0.2, 0.25) is 5.02 Å². The lowest BCUT2D eigenvalue weighted by molar-refractivity contribution is -0.147. The SMILES string of the molecule is NCC1(C(=O)N2CCN(c3ccccc3Cl)CC2)CCC1. The fourth-order valence-electron chi connectivity index (χ4n) is 3.30. The topological polar surface area (TPSA) is 49.6 Å². The molecule has 0 atom stereocenters. The Morgan fingerprint density at radius 1 is 1.19 bits per heavy atom. The molecule has 0 unspecified atom stereocenters. The minimum Gasteiger partial charge on any atom is -0.367 e. The lowest BCUT2D eigenvalue weighted by atomic mass is 9.67. The Balaban J connectivity index is 1.63. The van der Waals surface area contributed by atoms with Crippen LogP contribution in [0.1, 0.15) is 19.3 Å². The molecule has 1 aliphatic carbocycles. The van der Waals surface area contributed by atoms with Gasteiger partial charge in [0.25, 0.3) is 0 Å². The molecule has 0 bridgehead atoms. The molecule has 1 amide bonds. The molecule has 114 valence electrons. The highest BCUT2D eigenvalue weighted by atomic mass is 35.5. The van der Waals surface area contributed by atoms with Crippen LogP contribution in [0.4, 0.5) is 5.69 Å². The quantitative estimate of drug-likeness (QED) is 0.930. The van der Waals surface area contributed by atoms with E-state index in [9.17, 15) is 4.79 Å². The molecule has 1 aromatic rings. The number of piperazine rings is 1. The average Bonchev–Trinajstić information content (AvgIpc) is 2.47. The molecule has 1 aliphatic heterocycles. The molecule has 1 heterocycles. The number of halogens is 1. The van der Waals surface area contributed by atoms with Gasteiger partial charge >= 0.3 is 0 Å². The normalized spacial score (nSPS) is 21.0. The maximum atomic E-state index is 12.6. The summed E-state index contributed by atoms with van der Waals surface area (Å²) < 4.78 is 0. The van der Waals surface area contributed by atoms with Crippen molar-refractivity contribution in [3.05, 3.63) is 29.3 Å². The highest BCUT2D eigenvalue weighted by molar-refractivity contribution is 6.33. The number of nitrogens with two attached hydrogens (primary N) is 1. The third kappa shape index (κ3) is 2.62. The Bertz CT molecular complexity index is 516. The van der Waals surface area contributed by atoms with Gasteiger partial charge in [-0.1, -0.05) is 30.2 Å². The van der Waals surface area contributed by atoms with Crippen LogP contribution in [0.15, 0.2) is 24.3 Å². The molecule has 1 saturated heterocycles. The molecule has 4 nitrogen and oxygen atoms in total. The van der Waals surface area contributed by atoms with E-state index in [1.807, 2.05) is 29.2 Å². The number of benzene rings is 1. The molecule has 5 heteroatoms. The van der Waals surface area contributed by atoms with Gasteiger partial charge in [-0.25, -0.2) is 0 Å². The zero-order valence-corrected chi connectivity index (χ0v) is 13.0. The molecular formula is C16H22ClN3O. The standard InChI is InChI=1S/C16H22ClN3O/c17-13-4-1-2-5-14(13)19-8-10-20(11-9-19)15(21)16(12-18)6-3-7-16/h1-2,4-5H,3,6-12,18H2. The van der Waals surface area contributed by atoms with Gasteiger partial charge in [-0.15, -0.1) is 0 Å². The molecule has 2 N–H and O–H groups in total. The zero-order valence-electron chi connectivity index (χ0n) is 12.2. The van der Waals surface area contributed by atoms with Crippen LogP contribution in [0, 0.1) is 5.41 Å². The molecule has 0 radical (unpaired) electrons. The van der Waals surface area contributed by atoms with Gasteiger partial charge in [-0.3, -0.25) is 4.79 Å². The van der Waals surface area contributed by atoms with Crippen molar-refractivity contribution in [3.63, 3.8) is 0 Å². The van der Waals surface area contributed by atoms with Crippen molar-refractivity contribution in [2.45, 2.75) is 19.3 Å². The Morgan fingerprint density at radius 2 is 1.86 bits per heavy atom. The van der Waals surface area contributed by atoms with E-state index in [-0.39, 0.29) is 11.3 Å². The lowest BCUT2D eigenvalue weighted by Crippen LogP contribution is -2.57. The van der Waals surface area contributed by atoms with E-state index in [0.29, 0.717) is 6.54 Å². The number of para-hydroxylation sites is 1. The minimum atomic E-state index is -0.257. The first-order valence-corrected chi connectivity index (χ1v) is 8.03. The van der Waals surface area contributed by atoms with Crippen LogP contribution in [-0.2, 0) is 4.79 Å². The van der Waals surface area contributed by atoms with Gasteiger partial charge in [0.15, 0.2) is 0 Å². The Kier molecular flexibility index (Phi) is 4.09. The second kappa shape index (κ2) is 5.85. The predicted octanol–water partition coefficient (Wildman–Crippen LogP) is 2.12. The van der Waals surface area contributed by atoms with E-state index >= 15 is 0 Å². The van der Waals surface area contributed by atoms with Crippen LogP contribution in [0.5, 0.6) is 0 Å². The van der Waals surface area contributed by atoms with Crippen molar-refractivity contribution >= 4 is 23.2 Å². The monoisotopic (exact) mass is 307 g/mol. The molecule has 0 aromatic heterocycles. The molecule has 1 aromatic carbocycles. The molecule has 21 heavy (non-hydrogen) atoms. The molecule has 0 spiro atoms. The number of hydrogen-bond donors (Lipinski definition) is 1. The summed E-state index contributed by atoms with van der Waals surface area (Å²) in [6.45, 7) is 3.65. The largest absolute Gasteiger partial charge is 0.367 e. The first kappa shape index (κ1) is 14.7. The van der Waals surface area contributed by atoms with Crippen molar-refractivity contribution in [1.82, 2.24) is 4.90 Å². The molecule has 2 fully saturated rings. The number of nitrogens with zero attached hydrogens (tertiary/aromatic N) is 2. The summed E-state index contributed by atoms with van der Waals surface area (Å²) >= 11 is 6.24. The maximum absolute atomic E-state index is 12.6. The fraction of sp³-hybridized carbons (Fsp3) is 0.562. The first-order valence-electron chi connectivity index (χ1n) is 7.65. The maximum Gasteiger partial charge on any atom is 0.230 e. The second-order valence-electron chi connectivity index (χ2n) is 6.07.